The number of benzene rings is 7. The van der Waals surface area contributed by atoms with Crippen LogP contribution in [0.4, 0.5) is 49.4 Å². The second kappa shape index (κ2) is 21.1. The van der Waals surface area contributed by atoms with Gasteiger partial charge in [0.1, 0.15) is 48.7 Å². The fraction of sp³-hybridized carbons (Fsp3) is 0.113. The summed E-state index contributed by atoms with van der Waals surface area (Å²) >= 11 is 0. The fourth-order valence-corrected chi connectivity index (χ4v) is 11.2. The van der Waals surface area contributed by atoms with Crippen molar-refractivity contribution in [2.45, 2.75) is 56.2 Å². The van der Waals surface area contributed by atoms with Gasteiger partial charge in [0.15, 0.2) is 0 Å². The molecule has 4 amide bonds. The molecule has 6 aromatic carbocycles. The van der Waals surface area contributed by atoms with Crippen molar-refractivity contribution in [1.29, 1.82) is 0 Å². The molecule has 1 aliphatic heterocycles. The van der Waals surface area contributed by atoms with E-state index >= 15 is 0 Å². The number of fused-ring (bicyclic) bond motifs is 2. The van der Waals surface area contributed by atoms with Crippen molar-refractivity contribution in [3.63, 3.8) is 0 Å². The molecule has 12 N–H and O–H groups in total. The minimum absolute atomic E-state index is 0.00347. The molecular formula is C53H46N6O18S3. The summed E-state index contributed by atoms with van der Waals surface area (Å²) in [7, 11) is -15.7. The van der Waals surface area contributed by atoms with Gasteiger partial charge in [0.25, 0.3) is 30.4 Å². The Hall–Kier alpha value is -9.38. The lowest BCUT2D eigenvalue weighted by Crippen LogP contribution is -2.21. The Balaban J connectivity index is 1.33. The highest BCUT2D eigenvalue weighted by molar-refractivity contribution is 7.86. The maximum Gasteiger partial charge on any atom is 0.339 e. The lowest BCUT2D eigenvalue weighted by molar-refractivity contribution is 0.0682. The summed E-state index contributed by atoms with van der Waals surface area (Å²) in [4.78, 5) is 52.1. The summed E-state index contributed by atoms with van der Waals surface area (Å²) in [6.07, 6.45) is 0. The first kappa shape index (κ1) is 56.8. The van der Waals surface area contributed by atoms with E-state index in [1.165, 1.54) is 37.3 Å². The summed E-state index contributed by atoms with van der Waals surface area (Å²) in [5.41, 5.74) is 0.647. The zero-order chi connectivity index (χ0) is 58.7. The Bertz CT molecular complexity index is 4410. The van der Waals surface area contributed by atoms with Crippen LogP contribution in [0.15, 0.2) is 121 Å². The van der Waals surface area contributed by atoms with Gasteiger partial charge in [-0.3, -0.25) is 13.7 Å². The molecule has 0 unspecified atom stereocenters. The molecule has 0 bridgehead atoms. The van der Waals surface area contributed by atoms with Gasteiger partial charge in [0.2, 0.25) is 0 Å². The predicted molar refractivity (Wildman–Crippen MR) is 293 cm³/mol. The first-order valence-electron chi connectivity index (χ1n) is 23.2. The van der Waals surface area contributed by atoms with E-state index in [2.05, 4.69) is 31.6 Å². The topological polar surface area (TPSA) is 398 Å². The van der Waals surface area contributed by atoms with Crippen LogP contribution in [0.3, 0.4) is 0 Å². The number of nitrogens with one attached hydrogen (secondary N) is 5. The number of hydrogen-bond acceptors (Lipinski definition) is 15. The number of carbonyl (C=O) groups is 4. The Morgan fingerprint density at radius 3 is 1.54 bits per heavy atom. The Labute approximate surface area is 454 Å². The zero-order valence-electron chi connectivity index (χ0n) is 42.5. The molecule has 414 valence electrons. The van der Waals surface area contributed by atoms with Gasteiger partial charge in [-0.05, 0) is 130 Å². The molecule has 0 aromatic heterocycles. The van der Waals surface area contributed by atoms with Gasteiger partial charge >= 0.3 is 24.0 Å². The van der Waals surface area contributed by atoms with Crippen LogP contribution in [0.1, 0.15) is 54.1 Å². The van der Waals surface area contributed by atoms with Gasteiger partial charge < -0.3 is 51.4 Å². The standard InChI is InChI=1S/C53H46N6O18S3/c1-23-15-25(3)48(58-52(66)54-29-11-13-38(60)32(17-29)50(62)63)27(5)46(23)56-36-21-40-34(19-43(36)79(71,72)73)45(31-9-7-8-10-42(31)78(68,69)70)35-20-44(80(74,75)76)37(22-41(35)77-40)57-47-24(2)16-26(4)49(28(47)6)59-53(67)55-30-12-14-39(61)33(18-30)51(64)65/h7-22,56,60-61H,1-6H3,(H,62,63)(H,64,65)(H2,54,58,66)(H2,55,59,67)(H,68,69,70)(H,71,72,73)(H,74,75,76). The molecule has 6 aromatic rings. The van der Waals surface area contributed by atoms with E-state index in [1.54, 1.807) is 46.8 Å². The minimum Gasteiger partial charge on any atom is -0.507 e. The monoisotopic (exact) mass is 1150 g/mol. The SMILES string of the molecule is Cc1cc(C)c(NC(=O)Nc2ccc(O)c(C(=O)O)c2)c(C)c1N=c1cc2oc3cc(Nc4c(C)cc(C)c(NC(=O)Nc5ccc(O)c(C(=O)O)c5)c4C)c(S(=O)(=O)O)cc3c(-c3ccccc3S(=O)(=O)O)c-2cc1S(=O)(=O)O. The van der Waals surface area contributed by atoms with Gasteiger partial charge in [0, 0.05) is 51.3 Å². The number of aryl methyl sites for hydroxylation is 4. The Morgan fingerprint density at radius 1 is 0.512 bits per heavy atom. The minimum atomic E-state index is -5.31. The van der Waals surface area contributed by atoms with E-state index in [4.69, 9.17) is 4.42 Å². The third-order valence-corrected chi connectivity index (χ3v) is 15.4. The zero-order valence-corrected chi connectivity index (χ0v) is 45.0. The summed E-state index contributed by atoms with van der Waals surface area (Å²) in [5.74, 6) is -4.26. The molecule has 24 nitrogen and oxygen atoms in total. The quantitative estimate of drug-likeness (QED) is 0.0290. The summed E-state index contributed by atoms with van der Waals surface area (Å²) < 4.78 is 119. The molecule has 0 saturated heterocycles. The number of hydrogen-bond donors (Lipinski definition) is 12. The highest BCUT2D eigenvalue weighted by atomic mass is 32.2. The van der Waals surface area contributed by atoms with E-state index in [9.17, 15) is 78.5 Å². The number of urea groups is 2. The number of carbonyl (C=O) groups excluding carboxylic acids is 2. The van der Waals surface area contributed by atoms with E-state index in [1.807, 2.05) is 0 Å². The van der Waals surface area contributed by atoms with Crippen LogP contribution >= 0.6 is 0 Å². The van der Waals surface area contributed by atoms with E-state index in [0.29, 0.717) is 27.8 Å². The molecule has 0 saturated carbocycles. The van der Waals surface area contributed by atoms with Crippen LogP contribution in [0, 0.1) is 41.5 Å². The van der Waals surface area contributed by atoms with Gasteiger partial charge in [0.05, 0.1) is 28.1 Å². The average Bonchev–Trinajstić information content (AvgIpc) is 3.56. The van der Waals surface area contributed by atoms with Crippen LogP contribution < -0.4 is 31.9 Å². The largest absolute Gasteiger partial charge is 0.507 e. The van der Waals surface area contributed by atoms with Gasteiger partial charge in [-0.25, -0.2) is 24.2 Å². The smallest absolute Gasteiger partial charge is 0.339 e. The second-order valence-electron chi connectivity index (χ2n) is 18.3. The van der Waals surface area contributed by atoms with Crippen LogP contribution in [0.2, 0.25) is 0 Å². The Kier molecular flexibility index (Phi) is 15.0. The normalized spacial score (nSPS) is 12.1. The number of phenols is 2. The van der Waals surface area contributed by atoms with Crippen LogP contribution in [-0.2, 0) is 30.4 Å². The highest BCUT2D eigenvalue weighted by Gasteiger charge is 2.30. The summed E-state index contributed by atoms with van der Waals surface area (Å²) in [5, 5.41) is 51.3. The number of nitrogens with zero attached hydrogens (tertiary/aromatic N) is 1. The fourth-order valence-electron chi connectivity index (χ4n) is 9.21. The summed E-state index contributed by atoms with van der Waals surface area (Å²) in [6, 6.07) is 17.1. The van der Waals surface area contributed by atoms with Crippen molar-refractivity contribution < 1.29 is 82.9 Å². The molecule has 0 radical (unpaired) electrons. The molecule has 8 rings (SSSR count). The maximum absolute atomic E-state index is 13.5. The maximum atomic E-state index is 13.5. The van der Waals surface area contributed by atoms with Crippen LogP contribution in [0.25, 0.3) is 33.4 Å². The molecule has 0 fully saturated rings. The number of carboxylic acid groups (broad SMARTS) is 2. The first-order valence-corrected chi connectivity index (χ1v) is 27.6. The third-order valence-electron chi connectivity index (χ3n) is 12.7. The van der Waals surface area contributed by atoms with Crippen molar-refractivity contribution in [1.82, 2.24) is 0 Å². The number of amides is 4. The van der Waals surface area contributed by atoms with Crippen molar-refractivity contribution in [3.8, 4) is 33.9 Å². The lowest BCUT2D eigenvalue weighted by Gasteiger charge is -2.22. The van der Waals surface area contributed by atoms with E-state index in [0.717, 1.165) is 54.6 Å². The molecule has 1 heterocycles. The highest BCUT2D eigenvalue weighted by Crippen LogP contribution is 2.46. The average molecular weight is 1150 g/mol. The number of aromatic hydroxyl groups is 2. The van der Waals surface area contributed by atoms with Crippen molar-refractivity contribution >= 4 is 105 Å². The molecule has 1 aliphatic carbocycles. The van der Waals surface area contributed by atoms with Crippen molar-refractivity contribution in [2.75, 3.05) is 26.6 Å². The first-order chi connectivity index (χ1) is 37.3. The molecule has 27 heteroatoms. The summed E-state index contributed by atoms with van der Waals surface area (Å²) in [6.45, 7) is 9.67. The molecule has 2 aliphatic rings. The van der Waals surface area contributed by atoms with Crippen LogP contribution in [-0.4, -0.2) is 83.3 Å². The van der Waals surface area contributed by atoms with Gasteiger partial charge in [-0.1, -0.05) is 30.3 Å². The molecule has 80 heavy (non-hydrogen) atoms. The lowest BCUT2D eigenvalue weighted by atomic mass is 9.93. The second-order valence-corrected chi connectivity index (χ2v) is 22.4. The van der Waals surface area contributed by atoms with Crippen LogP contribution in [0.5, 0.6) is 11.5 Å². The number of anilines is 6. The van der Waals surface area contributed by atoms with E-state index < -0.39 is 97.0 Å². The molecular weight excluding hydrogens is 1100 g/mol. The van der Waals surface area contributed by atoms with Gasteiger partial charge in [-0.2, -0.15) is 25.3 Å². The van der Waals surface area contributed by atoms with Gasteiger partial charge in [-0.15, -0.1) is 0 Å². The molecule has 0 atom stereocenters. The number of rotatable bonds is 13. The van der Waals surface area contributed by atoms with Crippen molar-refractivity contribution in [2.24, 2.45) is 4.99 Å². The number of aromatic carboxylic acids is 2. The number of carboxylic acids is 2. The van der Waals surface area contributed by atoms with E-state index in [-0.39, 0.29) is 78.8 Å². The third kappa shape index (κ3) is 11.4. The Morgan fingerprint density at radius 2 is 1.01 bits per heavy atom. The predicted octanol–water partition coefficient (Wildman–Crippen LogP) is 9.87. The van der Waals surface area contributed by atoms with Crippen molar-refractivity contribution in [3.05, 3.63) is 147 Å². The molecule has 0 spiro atoms.